The molecule has 0 unspecified atom stereocenters. The summed E-state index contributed by atoms with van der Waals surface area (Å²) in [6, 6.07) is 11.0. The van der Waals surface area contributed by atoms with Crippen LogP contribution in [0.3, 0.4) is 0 Å². The molecule has 7 nitrogen and oxygen atoms in total. The number of hydrogen-bond donors (Lipinski definition) is 1. The van der Waals surface area contributed by atoms with E-state index in [1.165, 1.54) is 0 Å². The van der Waals surface area contributed by atoms with Gasteiger partial charge in [-0.05, 0) is 57.2 Å². The minimum absolute atomic E-state index is 0.287. The van der Waals surface area contributed by atoms with Crippen LogP contribution in [0.5, 0.6) is 11.5 Å². The number of nitrogens with one attached hydrogen (secondary N) is 1. The number of imidazole rings is 1. The Bertz CT molecular complexity index is 1050. The molecule has 0 fully saturated rings. The van der Waals surface area contributed by atoms with Crippen molar-refractivity contribution in [2.24, 2.45) is 5.10 Å². The monoisotopic (exact) mass is 380 g/mol. The van der Waals surface area contributed by atoms with Crippen molar-refractivity contribution in [3.05, 3.63) is 53.3 Å². The first-order valence-corrected chi connectivity index (χ1v) is 9.02. The van der Waals surface area contributed by atoms with Crippen LogP contribution in [-0.2, 0) is 6.54 Å². The van der Waals surface area contributed by atoms with E-state index in [1.54, 1.807) is 32.4 Å². The molecule has 1 N–H and O–H groups in total. The van der Waals surface area contributed by atoms with Gasteiger partial charge in [0.05, 0.1) is 31.0 Å². The van der Waals surface area contributed by atoms with Crippen LogP contribution < -0.4 is 14.9 Å². The molecule has 146 valence electrons. The predicted octanol–water partition coefficient (Wildman–Crippen LogP) is 3.54. The van der Waals surface area contributed by atoms with Crippen LogP contribution in [-0.4, -0.2) is 35.4 Å². The second-order valence-electron chi connectivity index (χ2n) is 6.31. The van der Waals surface area contributed by atoms with Gasteiger partial charge in [0.1, 0.15) is 5.82 Å². The number of rotatable bonds is 6. The van der Waals surface area contributed by atoms with E-state index in [0.29, 0.717) is 22.8 Å². The smallest absolute Gasteiger partial charge is 0.271 e. The Hall–Kier alpha value is -3.35. The van der Waals surface area contributed by atoms with Gasteiger partial charge in [0.2, 0.25) is 0 Å². The second-order valence-corrected chi connectivity index (χ2v) is 6.31. The molecule has 0 aliphatic rings. The molecule has 0 spiro atoms. The lowest BCUT2D eigenvalue weighted by molar-refractivity contribution is 0.0955. The van der Waals surface area contributed by atoms with Gasteiger partial charge in [-0.15, -0.1) is 0 Å². The average molecular weight is 380 g/mol. The number of fused-ring (bicyclic) bond motifs is 1. The number of ether oxygens (including phenoxy) is 2. The second kappa shape index (κ2) is 8.12. The number of carbonyl (C=O) groups is 1. The molecule has 0 saturated heterocycles. The van der Waals surface area contributed by atoms with Crippen LogP contribution in [0, 0.1) is 6.92 Å². The lowest BCUT2D eigenvalue weighted by atomic mass is 10.1. The zero-order chi connectivity index (χ0) is 20.3. The topological polar surface area (TPSA) is 77.7 Å². The highest BCUT2D eigenvalue weighted by molar-refractivity contribution is 6.02. The Morgan fingerprint density at radius 3 is 2.50 bits per heavy atom. The Balaban J connectivity index is 1.80. The summed E-state index contributed by atoms with van der Waals surface area (Å²) in [6.45, 7) is 6.68. The van der Waals surface area contributed by atoms with Gasteiger partial charge >= 0.3 is 0 Å². The highest BCUT2D eigenvalue weighted by Gasteiger charge is 2.11. The number of amides is 1. The van der Waals surface area contributed by atoms with E-state index in [4.69, 9.17) is 9.47 Å². The molecule has 3 rings (SSSR count). The SMILES string of the molecule is CCn1c(C)nc2cc(C(=O)NN=C(C)c3ccc(OC)c(OC)c3)ccc21. The van der Waals surface area contributed by atoms with Crippen molar-refractivity contribution >= 4 is 22.7 Å². The first kappa shape index (κ1) is 19.4. The van der Waals surface area contributed by atoms with E-state index in [1.807, 2.05) is 32.0 Å². The highest BCUT2D eigenvalue weighted by atomic mass is 16.5. The zero-order valence-corrected chi connectivity index (χ0v) is 16.7. The largest absolute Gasteiger partial charge is 0.493 e. The maximum absolute atomic E-state index is 12.5. The number of carbonyl (C=O) groups excluding carboxylic acids is 1. The summed E-state index contributed by atoms with van der Waals surface area (Å²) in [6.07, 6.45) is 0. The number of benzene rings is 2. The van der Waals surface area contributed by atoms with E-state index in [-0.39, 0.29) is 5.91 Å². The number of hydrazone groups is 1. The maximum atomic E-state index is 12.5. The fourth-order valence-corrected chi connectivity index (χ4v) is 3.12. The van der Waals surface area contributed by atoms with Crippen LogP contribution >= 0.6 is 0 Å². The summed E-state index contributed by atoms with van der Waals surface area (Å²) < 4.78 is 12.7. The van der Waals surface area contributed by atoms with Crippen LogP contribution in [0.1, 0.15) is 35.6 Å². The summed E-state index contributed by atoms with van der Waals surface area (Å²) in [5, 5.41) is 4.22. The van der Waals surface area contributed by atoms with Crippen LogP contribution in [0.2, 0.25) is 0 Å². The number of nitrogens with zero attached hydrogens (tertiary/aromatic N) is 3. The molecule has 0 saturated carbocycles. The third kappa shape index (κ3) is 3.69. The summed E-state index contributed by atoms with van der Waals surface area (Å²) in [5.41, 5.74) is 6.41. The fraction of sp³-hybridized carbons (Fsp3) is 0.286. The standard InChI is InChI=1S/C21H24N4O3/c1-6-25-14(3)22-17-11-16(7-9-18(17)25)21(26)24-23-13(2)15-8-10-19(27-4)20(12-15)28-5/h7-12H,6H2,1-5H3,(H,24,26). The molecular weight excluding hydrogens is 356 g/mol. The molecule has 3 aromatic rings. The van der Waals surface area contributed by atoms with Crippen LogP contribution in [0.25, 0.3) is 11.0 Å². The number of aromatic nitrogens is 2. The molecule has 28 heavy (non-hydrogen) atoms. The summed E-state index contributed by atoms with van der Waals surface area (Å²) in [7, 11) is 3.16. The number of hydrogen-bond acceptors (Lipinski definition) is 5. The molecule has 0 aliphatic carbocycles. The molecule has 0 radical (unpaired) electrons. The quantitative estimate of drug-likeness (QED) is 0.524. The first-order chi connectivity index (χ1) is 13.5. The molecule has 2 aromatic carbocycles. The van der Waals surface area contributed by atoms with Crippen molar-refractivity contribution in [2.75, 3.05) is 14.2 Å². The number of aryl methyl sites for hydroxylation is 2. The summed E-state index contributed by atoms with van der Waals surface area (Å²) >= 11 is 0. The van der Waals surface area contributed by atoms with Gasteiger partial charge < -0.3 is 14.0 Å². The molecule has 7 heteroatoms. The zero-order valence-electron chi connectivity index (χ0n) is 16.7. The average Bonchev–Trinajstić information content (AvgIpc) is 3.04. The van der Waals surface area contributed by atoms with E-state index < -0.39 is 0 Å². The minimum Gasteiger partial charge on any atom is -0.493 e. The molecule has 0 atom stereocenters. The summed E-state index contributed by atoms with van der Waals surface area (Å²) in [4.78, 5) is 17.0. The number of methoxy groups -OCH3 is 2. The third-order valence-electron chi connectivity index (χ3n) is 4.64. The summed E-state index contributed by atoms with van der Waals surface area (Å²) in [5.74, 6) is 1.88. The van der Waals surface area contributed by atoms with Gasteiger partial charge in [0.15, 0.2) is 11.5 Å². The highest BCUT2D eigenvalue weighted by Crippen LogP contribution is 2.27. The normalized spacial score (nSPS) is 11.5. The van der Waals surface area contributed by atoms with Gasteiger partial charge in [-0.3, -0.25) is 4.79 Å². The Morgan fingerprint density at radius 2 is 1.82 bits per heavy atom. The van der Waals surface area contributed by atoms with Crippen LogP contribution in [0.15, 0.2) is 41.5 Å². The van der Waals surface area contributed by atoms with Crippen molar-refractivity contribution in [1.82, 2.24) is 15.0 Å². The molecule has 1 heterocycles. The molecule has 1 amide bonds. The van der Waals surface area contributed by atoms with Gasteiger partial charge in [-0.2, -0.15) is 5.10 Å². The molecular formula is C21H24N4O3. The fourth-order valence-electron chi connectivity index (χ4n) is 3.12. The van der Waals surface area contributed by atoms with Crippen LogP contribution in [0.4, 0.5) is 0 Å². The van der Waals surface area contributed by atoms with Crippen molar-refractivity contribution in [3.8, 4) is 11.5 Å². The van der Waals surface area contributed by atoms with Gasteiger partial charge in [-0.25, -0.2) is 10.4 Å². The minimum atomic E-state index is -0.287. The molecule has 0 aliphatic heterocycles. The van der Waals surface area contributed by atoms with Gasteiger partial charge in [0, 0.05) is 17.7 Å². The Kier molecular flexibility index (Phi) is 5.63. The molecule has 1 aromatic heterocycles. The molecule has 0 bridgehead atoms. The Morgan fingerprint density at radius 1 is 1.11 bits per heavy atom. The van der Waals surface area contributed by atoms with Crippen molar-refractivity contribution in [1.29, 1.82) is 0 Å². The Labute approximate surface area is 164 Å². The van der Waals surface area contributed by atoms with E-state index in [0.717, 1.165) is 29.0 Å². The third-order valence-corrected chi connectivity index (χ3v) is 4.64. The van der Waals surface area contributed by atoms with E-state index in [9.17, 15) is 4.79 Å². The lowest BCUT2D eigenvalue weighted by Gasteiger charge is -2.09. The predicted molar refractivity (Wildman–Crippen MR) is 109 cm³/mol. The lowest BCUT2D eigenvalue weighted by Crippen LogP contribution is -2.19. The van der Waals surface area contributed by atoms with Crippen molar-refractivity contribution in [2.45, 2.75) is 27.3 Å². The van der Waals surface area contributed by atoms with Crippen molar-refractivity contribution in [3.63, 3.8) is 0 Å². The van der Waals surface area contributed by atoms with E-state index >= 15 is 0 Å². The van der Waals surface area contributed by atoms with Gasteiger partial charge in [-0.1, -0.05) is 0 Å². The van der Waals surface area contributed by atoms with Gasteiger partial charge in [0.25, 0.3) is 5.91 Å². The first-order valence-electron chi connectivity index (χ1n) is 9.02. The van der Waals surface area contributed by atoms with Crippen molar-refractivity contribution < 1.29 is 14.3 Å². The maximum Gasteiger partial charge on any atom is 0.271 e. The van der Waals surface area contributed by atoms with E-state index in [2.05, 4.69) is 27.0 Å².